The van der Waals surface area contributed by atoms with E-state index in [0.29, 0.717) is 13.1 Å². The van der Waals surface area contributed by atoms with Gasteiger partial charge in [-0.05, 0) is 40.8 Å². The number of anilines is 2. The third-order valence-electron chi connectivity index (χ3n) is 3.34. The molecule has 7 heteroatoms. The largest absolute Gasteiger partial charge is 0.367 e. The maximum Gasteiger partial charge on any atom is 0.149 e. The van der Waals surface area contributed by atoms with Crippen LogP contribution in [0.5, 0.6) is 0 Å². The molecule has 0 bridgehead atoms. The van der Waals surface area contributed by atoms with Crippen LogP contribution in [-0.4, -0.2) is 18.1 Å². The SMILES string of the molecule is Fc1ccc(F)c(CN2CCNc3ncc(I)cc32)c1Cl. The lowest BCUT2D eigenvalue weighted by Gasteiger charge is -2.31. The summed E-state index contributed by atoms with van der Waals surface area (Å²) in [5.74, 6) is -0.362. The summed E-state index contributed by atoms with van der Waals surface area (Å²) in [5, 5.41) is 3.03. The van der Waals surface area contributed by atoms with Gasteiger partial charge in [-0.1, -0.05) is 11.6 Å². The van der Waals surface area contributed by atoms with E-state index >= 15 is 0 Å². The smallest absolute Gasteiger partial charge is 0.149 e. The van der Waals surface area contributed by atoms with Crippen LogP contribution in [-0.2, 0) is 6.54 Å². The Labute approximate surface area is 139 Å². The first-order valence-electron chi connectivity index (χ1n) is 6.33. The zero-order valence-corrected chi connectivity index (χ0v) is 13.8. The van der Waals surface area contributed by atoms with Crippen LogP contribution >= 0.6 is 34.2 Å². The lowest BCUT2D eigenvalue weighted by atomic mass is 10.1. The minimum Gasteiger partial charge on any atom is -0.367 e. The molecule has 1 aliphatic heterocycles. The summed E-state index contributed by atoms with van der Waals surface area (Å²) in [4.78, 5) is 6.26. The van der Waals surface area contributed by atoms with E-state index in [1.165, 1.54) is 0 Å². The highest BCUT2D eigenvalue weighted by atomic mass is 127. The monoisotopic (exact) mass is 421 g/mol. The van der Waals surface area contributed by atoms with E-state index in [1.807, 2.05) is 11.0 Å². The Balaban J connectivity index is 1.98. The maximum absolute atomic E-state index is 13.9. The van der Waals surface area contributed by atoms with E-state index in [2.05, 4.69) is 32.9 Å². The number of fused-ring (bicyclic) bond motifs is 1. The minimum atomic E-state index is -0.607. The van der Waals surface area contributed by atoms with Crippen LogP contribution in [0.15, 0.2) is 24.4 Å². The third kappa shape index (κ3) is 2.91. The first kappa shape index (κ1) is 14.8. The average Bonchev–Trinajstić information content (AvgIpc) is 2.48. The van der Waals surface area contributed by atoms with Gasteiger partial charge >= 0.3 is 0 Å². The van der Waals surface area contributed by atoms with Gasteiger partial charge in [0.2, 0.25) is 0 Å². The van der Waals surface area contributed by atoms with Crippen LogP contribution in [0.1, 0.15) is 5.56 Å². The second-order valence-electron chi connectivity index (χ2n) is 4.69. The Morgan fingerprint density at radius 1 is 1.33 bits per heavy atom. The molecule has 0 fully saturated rings. The van der Waals surface area contributed by atoms with Gasteiger partial charge in [-0.3, -0.25) is 0 Å². The molecule has 1 aromatic carbocycles. The fourth-order valence-electron chi connectivity index (χ4n) is 2.30. The lowest BCUT2D eigenvalue weighted by molar-refractivity contribution is 0.581. The van der Waals surface area contributed by atoms with Gasteiger partial charge in [-0.2, -0.15) is 0 Å². The fourth-order valence-corrected chi connectivity index (χ4v) is 2.95. The molecule has 1 aromatic heterocycles. The number of pyridine rings is 1. The normalized spacial score (nSPS) is 13.8. The topological polar surface area (TPSA) is 28.2 Å². The molecule has 0 spiro atoms. The van der Waals surface area contributed by atoms with Crippen molar-refractivity contribution in [2.75, 3.05) is 23.3 Å². The van der Waals surface area contributed by atoms with Gasteiger partial charge in [0.05, 0.1) is 10.7 Å². The van der Waals surface area contributed by atoms with Crippen molar-refractivity contribution in [1.82, 2.24) is 4.98 Å². The Kier molecular flexibility index (Phi) is 4.17. The first-order chi connectivity index (χ1) is 10.1. The van der Waals surface area contributed by atoms with E-state index in [1.54, 1.807) is 6.20 Å². The fraction of sp³-hybridized carbons (Fsp3) is 0.214. The molecular weight excluding hydrogens is 411 g/mol. The van der Waals surface area contributed by atoms with Gasteiger partial charge in [0.25, 0.3) is 0 Å². The number of hydrogen-bond acceptors (Lipinski definition) is 3. The van der Waals surface area contributed by atoms with E-state index in [-0.39, 0.29) is 17.1 Å². The first-order valence-corrected chi connectivity index (χ1v) is 7.78. The summed E-state index contributed by atoms with van der Waals surface area (Å²) in [6.45, 7) is 1.56. The minimum absolute atomic E-state index is 0.159. The van der Waals surface area contributed by atoms with Crippen LogP contribution in [0.3, 0.4) is 0 Å². The van der Waals surface area contributed by atoms with Crippen molar-refractivity contribution in [2.45, 2.75) is 6.54 Å². The number of hydrogen-bond donors (Lipinski definition) is 1. The number of halogens is 4. The summed E-state index contributed by atoms with van der Waals surface area (Å²) in [6, 6.07) is 4.10. The summed E-state index contributed by atoms with van der Waals surface area (Å²) in [6.07, 6.45) is 1.76. The second kappa shape index (κ2) is 5.92. The molecule has 3 nitrogen and oxygen atoms in total. The molecule has 1 aliphatic rings. The maximum atomic E-state index is 13.9. The van der Waals surface area contributed by atoms with Crippen molar-refractivity contribution in [1.29, 1.82) is 0 Å². The highest BCUT2D eigenvalue weighted by Gasteiger charge is 2.21. The second-order valence-corrected chi connectivity index (χ2v) is 6.31. The van der Waals surface area contributed by atoms with E-state index in [0.717, 1.165) is 27.2 Å². The van der Waals surface area contributed by atoms with Gasteiger partial charge in [0, 0.05) is 35.0 Å². The zero-order chi connectivity index (χ0) is 15.0. The zero-order valence-electron chi connectivity index (χ0n) is 10.8. The molecule has 0 unspecified atom stereocenters. The van der Waals surface area contributed by atoms with Gasteiger partial charge < -0.3 is 10.2 Å². The molecule has 0 aliphatic carbocycles. The molecule has 2 aromatic rings. The molecule has 2 heterocycles. The molecule has 0 radical (unpaired) electrons. The predicted molar refractivity (Wildman–Crippen MR) is 87.9 cm³/mol. The summed E-state index contributed by atoms with van der Waals surface area (Å²) in [5.41, 5.74) is 1.04. The highest BCUT2D eigenvalue weighted by molar-refractivity contribution is 14.1. The average molecular weight is 422 g/mol. The Hall–Kier alpha value is -1.15. The molecule has 0 saturated heterocycles. The van der Waals surface area contributed by atoms with Crippen molar-refractivity contribution < 1.29 is 8.78 Å². The predicted octanol–water partition coefficient (Wildman–Crippen LogP) is 4.05. The number of rotatable bonds is 2. The number of aromatic nitrogens is 1. The molecule has 0 saturated carbocycles. The number of nitrogens with zero attached hydrogens (tertiary/aromatic N) is 2. The lowest BCUT2D eigenvalue weighted by Crippen LogP contribution is -2.34. The third-order valence-corrected chi connectivity index (χ3v) is 4.34. The molecule has 110 valence electrons. The Morgan fingerprint density at radius 2 is 2.10 bits per heavy atom. The summed E-state index contributed by atoms with van der Waals surface area (Å²) in [7, 11) is 0. The summed E-state index contributed by atoms with van der Waals surface area (Å²) >= 11 is 8.07. The van der Waals surface area contributed by atoms with Crippen LogP contribution in [0.2, 0.25) is 5.02 Å². The van der Waals surface area contributed by atoms with Crippen LogP contribution < -0.4 is 10.2 Å². The van der Waals surface area contributed by atoms with Gasteiger partial charge in [-0.15, -0.1) is 0 Å². The molecule has 21 heavy (non-hydrogen) atoms. The molecular formula is C14H11ClF2IN3. The molecule has 0 atom stereocenters. The van der Waals surface area contributed by atoms with Crippen molar-refractivity contribution >= 4 is 45.7 Å². The van der Waals surface area contributed by atoms with Crippen LogP contribution in [0, 0.1) is 15.2 Å². The molecule has 1 N–H and O–H groups in total. The van der Waals surface area contributed by atoms with E-state index < -0.39 is 11.6 Å². The van der Waals surface area contributed by atoms with Crippen LogP contribution in [0.25, 0.3) is 0 Å². The van der Waals surface area contributed by atoms with Gasteiger partial charge in [0.15, 0.2) is 0 Å². The molecule has 0 amide bonds. The van der Waals surface area contributed by atoms with E-state index in [9.17, 15) is 8.78 Å². The van der Waals surface area contributed by atoms with Crippen molar-refractivity contribution in [3.05, 3.63) is 50.2 Å². The number of benzene rings is 1. The Morgan fingerprint density at radius 3 is 2.90 bits per heavy atom. The standard InChI is InChI=1S/C14H11ClF2IN3/c15-13-9(10(16)1-2-11(13)17)7-21-4-3-19-14-12(21)5-8(18)6-20-14/h1-2,5-6H,3-4,7H2,(H,19,20). The molecule has 3 rings (SSSR count). The van der Waals surface area contributed by atoms with E-state index in [4.69, 9.17) is 11.6 Å². The Bertz CT molecular complexity index is 696. The van der Waals surface area contributed by atoms with Crippen molar-refractivity contribution in [2.24, 2.45) is 0 Å². The van der Waals surface area contributed by atoms with Crippen molar-refractivity contribution in [3.8, 4) is 0 Å². The van der Waals surface area contributed by atoms with Crippen LogP contribution in [0.4, 0.5) is 20.3 Å². The number of nitrogens with one attached hydrogen (secondary N) is 1. The van der Waals surface area contributed by atoms with Gasteiger partial charge in [0.1, 0.15) is 17.5 Å². The highest BCUT2D eigenvalue weighted by Crippen LogP contribution is 2.32. The van der Waals surface area contributed by atoms with Gasteiger partial charge in [-0.25, -0.2) is 13.8 Å². The van der Waals surface area contributed by atoms with Crippen molar-refractivity contribution in [3.63, 3.8) is 0 Å². The summed E-state index contributed by atoms with van der Waals surface area (Å²) < 4.78 is 28.4. The quantitative estimate of drug-likeness (QED) is 0.586.